The normalized spacial score (nSPS) is 14.4. The Bertz CT molecular complexity index is 239. The fourth-order valence-corrected chi connectivity index (χ4v) is 1.20. The van der Waals surface area contributed by atoms with E-state index in [1.54, 1.807) is 6.92 Å². The van der Waals surface area contributed by atoms with Crippen LogP contribution in [0.15, 0.2) is 0 Å². The minimum Gasteiger partial charge on any atom is -0.480 e. The van der Waals surface area contributed by atoms with E-state index in [2.05, 4.69) is 0 Å². The van der Waals surface area contributed by atoms with E-state index >= 15 is 0 Å². The number of carboxylic acids is 1. The van der Waals surface area contributed by atoms with Crippen LogP contribution in [-0.2, 0) is 9.59 Å². The minimum absolute atomic E-state index is 0.278. The smallest absolute Gasteiger partial charge is 0.323 e. The number of rotatable bonds is 6. The molecule has 0 bridgehead atoms. The fourth-order valence-electron chi connectivity index (χ4n) is 1.20. The summed E-state index contributed by atoms with van der Waals surface area (Å²) >= 11 is 0. The summed E-state index contributed by atoms with van der Waals surface area (Å²) in [6.45, 7) is 5.47. The van der Waals surface area contributed by atoms with Crippen molar-refractivity contribution in [2.75, 3.05) is 13.1 Å². The fraction of sp³-hybridized carbons (Fsp3) is 0.800. The molecule has 0 fully saturated rings. The molecule has 0 aliphatic heterocycles. The molecule has 0 aliphatic carbocycles. The number of carbonyl (C=O) groups is 2. The lowest BCUT2D eigenvalue weighted by Crippen LogP contribution is -2.54. The molecule has 0 heterocycles. The molecule has 0 saturated carbocycles. The van der Waals surface area contributed by atoms with Crippen molar-refractivity contribution in [3.8, 4) is 0 Å². The van der Waals surface area contributed by atoms with Crippen molar-refractivity contribution >= 4 is 11.9 Å². The van der Waals surface area contributed by atoms with Gasteiger partial charge in [-0.3, -0.25) is 9.59 Å². The van der Waals surface area contributed by atoms with Gasteiger partial charge in [0.15, 0.2) is 0 Å². The predicted octanol–water partition coefficient (Wildman–Crippen LogP) is 0.437. The van der Waals surface area contributed by atoms with Crippen molar-refractivity contribution in [2.45, 2.75) is 39.2 Å². The van der Waals surface area contributed by atoms with E-state index in [-0.39, 0.29) is 12.5 Å². The lowest BCUT2D eigenvalue weighted by Gasteiger charge is -2.29. The second-order valence-corrected chi connectivity index (χ2v) is 3.89. The number of hydrogen-bond donors (Lipinski definition) is 2. The van der Waals surface area contributed by atoms with E-state index in [9.17, 15) is 9.59 Å². The Labute approximate surface area is 90.2 Å². The lowest BCUT2D eigenvalue weighted by atomic mass is 9.98. The molecule has 0 aromatic carbocycles. The third-order valence-electron chi connectivity index (χ3n) is 2.33. The van der Waals surface area contributed by atoms with E-state index in [1.165, 1.54) is 4.90 Å². The first kappa shape index (κ1) is 13.9. The van der Waals surface area contributed by atoms with Crippen LogP contribution in [0.25, 0.3) is 0 Å². The van der Waals surface area contributed by atoms with Gasteiger partial charge in [-0.15, -0.1) is 0 Å². The number of aliphatic carboxylic acids is 1. The van der Waals surface area contributed by atoms with Gasteiger partial charge < -0.3 is 15.7 Å². The summed E-state index contributed by atoms with van der Waals surface area (Å²) in [6.07, 6.45) is 1.21. The Kier molecular flexibility index (Phi) is 5.28. The van der Waals surface area contributed by atoms with Gasteiger partial charge in [-0.05, 0) is 19.8 Å². The monoisotopic (exact) mass is 216 g/mol. The van der Waals surface area contributed by atoms with Crippen LogP contribution in [0.3, 0.4) is 0 Å². The average molecular weight is 216 g/mol. The maximum atomic E-state index is 11.9. The van der Waals surface area contributed by atoms with Gasteiger partial charge in [0.25, 0.3) is 0 Å². The van der Waals surface area contributed by atoms with Crippen molar-refractivity contribution in [3.05, 3.63) is 0 Å². The van der Waals surface area contributed by atoms with Gasteiger partial charge in [0.1, 0.15) is 6.54 Å². The highest BCUT2D eigenvalue weighted by molar-refractivity contribution is 5.88. The summed E-state index contributed by atoms with van der Waals surface area (Å²) in [5.41, 5.74) is 4.81. The van der Waals surface area contributed by atoms with E-state index in [0.717, 1.165) is 6.42 Å². The molecule has 1 atom stereocenters. The van der Waals surface area contributed by atoms with Crippen LogP contribution in [0, 0.1) is 0 Å². The first-order valence-electron chi connectivity index (χ1n) is 5.15. The molecular weight excluding hydrogens is 196 g/mol. The van der Waals surface area contributed by atoms with Gasteiger partial charge in [0, 0.05) is 6.54 Å². The maximum Gasteiger partial charge on any atom is 0.323 e. The van der Waals surface area contributed by atoms with Crippen LogP contribution in [-0.4, -0.2) is 40.5 Å². The SMILES string of the molecule is CCCN(CC(=O)O)C(=O)C(C)(N)CC. The molecule has 5 heteroatoms. The predicted molar refractivity (Wildman–Crippen MR) is 57.4 cm³/mol. The van der Waals surface area contributed by atoms with Gasteiger partial charge in [0.05, 0.1) is 5.54 Å². The zero-order valence-corrected chi connectivity index (χ0v) is 9.62. The molecule has 0 aromatic heterocycles. The number of carboxylic acid groups (broad SMARTS) is 1. The molecule has 1 amide bonds. The number of nitrogens with zero attached hydrogens (tertiary/aromatic N) is 1. The molecule has 5 nitrogen and oxygen atoms in total. The van der Waals surface area contributed by atoms with Crippen LogP contribution in [0.2, 0.25) is 0 Å². The lowest BCUT2D eigenvalue weighted by molar-refractivity contribution is -0.146. The van der Waals surface area contributed by atoms with Crippen molar-refractivity contribution in [3.63, 3.8) is 0 Å². The zero-order chi connectivity index (χ0) is 12.1. The van der Waals surface area contributed by atoms with Crippen LogP contribution >= 0.6 is 0 Å². The van der Waals surface area contributed by atoms with Crippen molar-refractivity contribution < 1.29 is 14.7 Å². The quantitative estimate of drug-likeness (QED) is 0.674. The third-order valence-corrected chi connectivity index (χ3v) is 2.33. The van der Waals surface area contributed by atoms with Crippen molar-refractivity contribution in [2.24, 2.45) is 5.73 Å². The molecule has 0 aliphatic rings. The highest BCUT2D eigenvalue weighted by Gasteiger charge is 2.31. The van der Waals surface area contributed by atoms with Crippen molar-refractivity contribution in [1.29, 1.82) is 0 Å². The molecule has 88 valence electrons. The Balaban J connectivity index is 4.61. The molecule has 0 radical (unpaired) electrons. The van der Waals surface area contributed by atoms with Crippen LogP contribution in [0.5, 0.6) is 0 Å². The topological polar surface area (TPSA) is 83.6 Å². The second kappa shape index (κ2) is 5.70. The summed E-state index contributed by atoms with van der Waals surface area (Å²) in [6, 6.07) is 0. The highest BCUT2D eigenvalue weighted by Crippen LogP contribution is 2.10. The highest BCUT2D eigenvalue weighted by atomic mass is 16.4. The molecule has 0 rings (SSSR count). The summed E-state index contributed by atoms with van der Waals surface area (Å²) in [5, 5.41) is 8.66. The summed E-state index contributed by atoms with van der Waals surface area (Å²) in [7, 11) is 0. The molecule has 3 N–H and O–H groups in total. The Morgan fingerprint density at radius 3 is 2.27 bits per heavy atom. The minimum atomic E-state index is -1.01. The molecular formula is C10H20N2O3. The van der Waals surface area contributed by atoms with E-state index in [0.29, 0.717) is 13.0 Å². The van der Waals surface area contributed by atoms with Crippen LogP contribution in [0.4, 0.5) is 0 Å². The number of amides is 1. The van der Waals surface area contributed by atoms with Crippen molar-refractivity contribution in [1.82, 2.24) is 4.90 Å². The summed E-state index contributed by atoms with van der Waals surface area (Å²) in [4.78, 5) is 23.7. The third kappa shape index (κ3) is 4.29. The van der Waals surface area contributed by atoms with Gasteiger partial charge in [-0.1, -0.05) is 13.8 Å². The van der Waals surface area contributed by atoms with E-state index in [4.69, 9.17) is 10.8 Å². The van der Waals surface area contributed by atoms with Crippen LogP contribution in [0.1, 0.15) is 33.6 Å². The molecule has 15 heavy (non-hydrogen) atoms. The molecule has 0 aromatic rings. The van der Waals surface area contributed by atoms with E-state index in [1.807, 2.05) is 13.8 Å². The number of carbonyl (C=O) groups excluding carboxylic acids is 1. The summed E-state index contributed by atoms with van der Waals surface area (Å²) in [5.74, 6) is -1.31. The standard InChI is InChI=1S/C10H20N2O3/c1-4-6-12(7-8(13)14)9(15)10(3,11)5-2/h4-7,11H2,1-3H3,(H,13,14). The Hall–Kier alpha value is -1.10. The largest absolute Gasteiger partial charge is 0.480 e. The molecule has 0 spiro atoms. The Morgan fingerprint density at radius 2 is 1.93 bits per heavy atom. The van der Waals surface area contributed by atoms with Crippen LogP contribution < -0.4 is 5.73 Å². The van der Waals surface area contributed by atoms with Gasteiger partial charge >= 0.3 is 5.97 Å². The zero-order valence-electron chi connectivity index (χ0n) is 9.62. The van der Waals surface area contributed by atoms with Gasteiger partial charge in [0.2, 0.25) is 5.91 Å². The Morgan fingerprint density at radius 1 is 1.40 bits per heavy atom. The van der Waals surface area contributed by atoms with Gasteiger partial charge in [-0.25, -0.2) is 0 Å². The first-order chi connectivity index (χ1) is 6.85. The number of hydrogen-bond acceptors (Lipinski definition) is 3. The number of nitrogens with two attached hydrogens (primary N) is 1. The second-order valence-electron chi connectivity index (χ2n) is 3.89. The maximum absolute atomic E-state index is 11.9. The summed E-state index contributed by atoms with van der Waals surface area (Å²) < 4.78 is 0. The van der Waals surface area contributed by atoms with E-state index < -0.39 is 11.5 Å². The first-order valence-corrected chi connectivity index (χ1v) is 5.15. The average Bonchev–Trinajstić information content (AvgIpc) is 2.15. The van der Waals surface area contributed by atoms with Gasteiger partial charge in [-0.2, -0.15) is 0 Å². The molecule has 0 saturated heterocycles. The molecule has 1 unspecified atom stereocenters.